The van der Waals surface area contributed by atoms with Crippen LogP contribution >= 0.6 is 11.8 Å². The zero-order valence-corrected chi connectivity index (χ0v) is 17.3. The van der Waals surface area contributed by atoms with Crippen LogP contribution in [0.2, 0.25) is 0 Å². The van der Waals surface area contributed by atoms with Crippen molar-refractivity contribution in [2.75, 3.05) is 11.1 Å². The van der Waals surface area contributed by atoms with E-state index in [9.17, 15) is 22.8 Å². The summed E-state index contributed by atoms with van der Waals surface area (Å²) in [6.07, 6.45) is 0. The predicted molar refractivity (Wildman–Crippen MR) is 117 cm³/mol. The van der Waals surface area contributed by atoms with Crippen LogP contribution in [0.3, 0.4) is 0 Å². The second-order valence-corrected chi connectivity index (χ2v) is 7.83. The zero-order valence-electron chi connectivity index (χ0n) is 16.5. The number of nitrogens with zero attached hydrogens (tertiary/aromatic N) is 2. The van der Waals surface area contributed by atoms with E-state index in [1.165, 1.54) is 16.7 Å². The van der Waals surface area contributed by atoms with Gasteiger partial charge in [0.05, 0.1) is 28.9 Å². The van der Waals surface area contributed by atoms with Gasteiger partial charge in [-0.25, -0.2) is 18.2 Å². The fraction of sp³-hybridized carbons (Fsp3) is 0.0870. The molecule has 0 fully saturated rings. The molecule has 0 saturated carbocycles. The van der Waals surface area contributed by atoms with Crippen LogP contribution in [0.5, 0.6) is 0 Å². The van der Waals surface area contributed by atoms with Crippen molar-refractivity contribution in [1.29, 1.82) is 0 Å². The van der Waals surface area contributed by atoms with Crippen LogP contribution in [0.15, 0.2) is 76.7 Å². The summed E-state index contributed by atoms with van der Waals surface area (Å²) in [5.74, 6) is -2.74. The molecule has 1 N–H and O–H groups in total. The molecule has 4 rings (SSSR count). The lowest BCUT2D eigenvalue weighted by molar-refractivity contribution is -0.113. The van der Waals surface area contributed by atoms with Gasteiger partial charge in [-0.05, 0) is 42.0 Å². The third kappa shape index (κ3) is 4.83. The molecule has 0 atom stereocenters. The van der Waals surface area contributed by atoms with Crippen molar-refractivity contribution >= 4 is 34.3 Å². The van der Waals surface area contributed by atoms with Gasteiger partial charge in [-0.3, -0.25) is 14.2 Å². The minimum absolute atomic E-state index is 0.132. The molecule has 32 heavy (non-hydrogen) atoms. The molecule has 0 spiro atoms. The van der Waals surface area contributed by atoms with Gasteiger partial charge in [0.1, 0.15) is 17.5 Å². The van der Waals surface area contributed by atoms with Gasteiger partial charge in [-0.1, -0.05) is 36.0 Å². The molecule has 0 saturated heterocycles. The van der Waals surface area contributed by atoms with Crippen molar-refractivity contribution in [3.8, 4) is 0 Å². The minimum atomic E-state index is -0.889. The second-order valence-electron chi connectivity index (χ2n) is 6.89. The molecule has 0 aliphatic heterocycles. The molecule has 0 aliphatic rings. The van der Waals surface area contributed by atoms with Gasteiger partial charge in [0.2, 0.25) is 5.91 Å². The maximum Gasteiger partial charge on any atom is 0.262 e. The van der Waals surface area contributed by atoms with Gasteiger partial charge in [0.25, 0.3) is 5.56 Å². The summed E-state index contributed by atoms with van der Waals surface area (Å²) in [6, 6.07) is 15.4. The molecule has 0 radical (unpaired) electrons. The lowest BCUT2D eigenvalue weighted by Crippen LogP contribution is -2.25. The number of anilines is 1. The lowest BCUT2D eigenvalue weighted by atomic mass is 10.2. The van der Waals surface area contributed by atoms with E-state index in [-0.39, 0.29) is 28.7 Å². The monoisotopic (exact) mass is 455 g/mol. The van der Waals surface area contributed by atoms with Crippen LogP contribution in [-0.2, 0) is 11.3 Å². The van der Waals surface area contributed by atoms with Gasteiger partial charge in [-0.15, -0.1) is 0 Å². The van der Waals surface area contributed by atoms with Crippen molar-refractivity contribution in [1.82, 2.24) is 9.55 Å². The molecule has 4 aromatic rings. The minimum Gasteiger partial charge on any atom is -0.323 e. The Balaban J connectivity index is 1.61. The SMILES string of the molecule is O=C(CSc1nc2ccccc2c(=O)n1Cc1ccc(F)cc1)Nc1ccc(F)cc1F. The Morgan fingerprint density at radius 2 is 1.69 bits per heavy atom. The Hall–Kier alpha value is -3.59. The van der Waals surface area contributed by atoms with E-state index >= 15 is 0 Å². The summed E-state index contributed by atoms with van der Waals surface area (Å²) in [7, 11) is 0. The van der Waals surface area contributed by atoms with Crippen LogP contribution in [0, 0.1) is 17.5 Å². The molecule has 1 aromatic heterocycles. The first-order valence-electron chi connectivity index (χ1n) is 9.52. The van der Waals surface area contributed by atoms with E-state index in [4.69, 9.17) is 0 Å². The second kappa shape index (κ2) is 9.27. The predicted octanol–water partition coefficient (Wildman–Crippen LogP) is 4.59. The Morgan fingerprint density at radius 1 is 0.969 bits per heavy atom. The number of carbonyl (C=O) groups is 1. The Labute approximate surface area is 184 Å². The number of benzene rings is 3. The van der Waals surface area contributed by atoms with E-state index in [1.807, 2.05) is 0 Å². The first-order chi connectivity index (χ1) is 15.4. The van der Waals surface area contributed by atoms with Crippen molar-refractivity contribution in [3.63, 3.8) is 0 Å². The van der Waals surface area contributed by atoms with Crippen molar-refractivity contribution < 1.29 is 18.0 Å². The molecule has 3 aromatic carbocycles. The molecular weight excluding hydrogens is 439 g/mol. The number of hydrogen-bond donors (Lipinski definition) is 1. The fourth-order valence-corrected chi connectivity index (χ4v) is 3.88. The van der Waals surface area contributed by atoms with Gasteiger partial charge >= 0.3 is 0 Å². The molecule has 1 heterocycles. The molecule has 0 unspecified atom stereocenters. The molecule has 9 heteroatoms. The number of hydrogen-bond acceptors (Lipinski definition) is 4. The number of amides is 1. The van der Waals surface area contributed by atoms with E-state index in [1.54, 1.807) is 36.4 Å². The highest BCUT2D eigenvalue weighted by atomic mass is 32.2. The third-order valence-electron chi connectivity index (χ3n) is 4.62. The van der Waals surface area contributed by atoms with Gasteiger partial charge in [0.15, 0.2) is 5.16 Å². The van der Waals surface area contributed by atoms with E-state index in [0.717, 1.165) is 23.9 Å². The van der Waals surface area contributed by atoms with Gasteiger partial charge in [-0.2, -0.15) is 0 Å². The molecule has 0 bridgehead atoms. The summed E-state index contributed by atoms with van der Waals surface area (Å²) < 4.78 is 41.5. The molecule has 0 aliphatic carbocycles. The number of para-hydroxylation sites is 1. The summed E-state index contributed by atoms with van der Waals surface area (Å²) in [4.78, 5) is 29.9. The normalized spacial score (nSPS) is 11.0. The quantitative estimate of drug-likeness (QED) is 0.341. The Kier molecular flexibility index (Phi) is 6.27. The van der Waals surface area contributed by atoms with Gasteiger partial charge < -0.3 is 5.32 Å². The first-order valence-corrected chi connectivity index (χ1v) is 10.5. The van der Waals surface area contributed by atoms with E-state index < -0.39 is 23.4 Å². The highest BCUT2D eigenvalue weighted by molar-refractivity contribution is 7.99. The summed E-state index contributed by atoms with van der Waals surface area (Å²) in [6.45, 7) is 0.132. The van der Waals surface area contributed by atoms with Crippen molar-refractivity contribution in [3.05, 3.63) is 100 Å². The van der Waals surface area contributed by atoms with Crippen LogP contribution in [-0.4, -0.2) is 21.2 Å². The summed E-state index contributed by atoms with van der Waals surface area (Å²) >= 11 is 1.00. The number of nitrogens with one attached hydrogen (secondary N) is 1. The van der Waals surface area contributed by atoms with Crippen molar-refractivity contribution in [2.45, 2.75) is 11.7 Å². The molecule has 1 amide bonds. The first kappa shape index (κ1) is 21.6. The summed E-state index contributed by atoms with van der Waals surface area (Å²) in [5, 5.41) is 3.08. The molecular formula is C23H16F3N3O2S. The van der Waals surface area contributed by atoms with Crippen LogP contribution in [0.4, 0.5) is 18.9 Å². The average Bonchev–Trinajstić information content (AvgIpc) is 2.78. The Bertz CT molecular complexity index is 1360. The van der Waals surface area contributed by atoms with Crippen LogP contribution in [0.25, 0.3) is 10.9 Å². The maximum atomic E-state index is 13.8. The topological polar surface area (TPSA) is 64.0 Å². The molecule has 5 nitrogen and oxygen atoms in total. The number of thioether (sulfide) groups is 1. The number of halogens is 3. The van der Waals surface area contributed by atoms with E-state index in [2.05, 4.69) is 10.3 Å². The smallest absolute Gasteiger partial charge is 0.262 e. The zero-order chi connectivity index (χ0) is 22.7. The number of fused-ring (bicyclic) bond motifs is 1. The molecule has 162 valence electrons. The third-order valence-corrected chi connectivity index (χ3v) is 5.59. The van der Waals surface area contributed by atoms with Crippen LogP contribution in [0.1, 0.15) is 5.56 Å². The number of rotatable bonds is 6. The van der Waals surface area contributed by atoms with Crippen molar-refractivity contribution in [2.24, 2.45) is 0 Å². The summed E-state index contributed by atoms with van der Waals surface area (Å²) in [5.41, 5.74) is 0.713. The highest BCUT2D eigenvalue weighted by Gasteiger charge is 2.15. The van der Waals surface area contributed by atoms with Gasteiger partial charge in [0, 0.05) is 6.07 Å². The maximum absolute atomic E-state index is 13.8. The number of aromatic nitrogens is 2. The average molecular weight is 455 g/mol. The Morgan fingerprint density at radius 3 is 2.44 bits per heavy atom. The van der Waals surface area contributed by atoms with E-state index in [0.29, 0.717) is 22.5 Å². The lowest BCUT2D eigenvalue weighted by Gasteiger charge is -2.13. The number of carbonyl (C=O) groups excluding carboxylic acids is 1. The highest BCUT2D eigenvalue weighted by Crippen LogP contribution is 2.21. The fourth-order valence-electron chi connectivity index (χ4n) is 3.08. The standard InChI is InChI=1S/C23H16F3N3O2S/c24-15-7-5-14(6-8-15)12-29-22(31)17-3-1-2-4-19(17)28-23(29)32-13-21(30)27-20-10-9-16(25)11-18(20)26/h1-11H,12-13H2,(H,27,30). The van der Waals surface area contributed by atoms with Crippen LogP contribution < -0.4 is 10.9 Å². The largest absolute Gasteiger partial charge is 0.323 e.